The molecule has 1 fully saturated rings. The number of furan rings is 1. The van der Waals surface area contributed by atoms with Crippen LogP contribution in [0.1, 0.15) is 37.3 Å². The topological polar surface area (TPSA) is 108 Å². The molecule has 3 aromatic rings. The number of hydrogen-bond donors (Lipinski definition) is 0. The third-order valence-corrected chi connectivity index (χ3v) is 4.75. The van der Waals surface area contributed by atoms with Crippen molar-refractivity contribution in [3.63, 3.8) is 0 Å². The van der Waals surface area contributed by atoms with Crippen LogP contribution < -0.4 is 4.90 Å². The maximum absolute atomic E-state index is 9.41. The summed E-state index contributed by atoms with van der Waals surface area (Å²) in [6.45, 7) is 7.05. The molecular formula is C18H20N6O3. The normalized spacial score (nSPS) is 16.4. The molecule has 1 aliphatic heterocycles. The van der Waals surface area contributed by atoms with Crippen molar-refractivity contribution in [1.29, 1.82) is 5.26 Å². The summed E-state index contributed by atoms with van der Waals surface area (Å²) in [6.07, 6.45) is 2.30. The van der Waals surface area contributed by atoms with Gasteiger partial charge in [-0.25, -0.2) is 0 Å². The first-order valence-corrected chi connectivity index (χ1v) is 8.96. The highest BCUT2D eigenvalue weighted by Gasteiger charge is 2.29. The number of nitrogens with zero attached hydrogens (tertiary/aromatic N) is 6. The van der Waals surface area contributed by atoms with Crippen LogP contribution >= 0.6 is 0 Å². The smallest absolute Gasteiger partial charge is 0.266 e. The Bertz CT molecular complexity index is 931. The number of oxazole rings is 1. The number of nitriles is 1. The lowest BCUT2D eigenvalue weighted by molar-refractivity contribution is 0.162. The van der Waals surface area contributed by atoms with Gasteiger partial charge in [0.2, 0.25) is 17.5 Å². The first kappa shape index (κ1) is 17.3. The summed E-state index contributed by atoms with van der Waals surface area (Å²) in [5, 5.41) is 13.4. The van der Waals surface area contributed by atoms with Crippen LogP contribution in [0, 0.1) is 11.3 Å². The molecule has 1 unspecified atom stereocenters. The maximum atomic E-state index is 9.41. The number of rotatable bonds is 5. The van der Waals surface area contributed by atoms with Gasteiger partial charge >= 0.3 is 0 Å². The molecule has 0 aliphatic carbocycles. The van der Waals surface area contributed by atoms with E-state index in [0.29, 0.717) is 36.5 Å². The average molecular weight is 368 g/mol. The second-order valence-electron chi connectivity index (χ2n) is 6.36. The van der Waals surface area contributed by atoms with Crippen LogP contribution in [0.5, 0.6) is 0 Å². The highest BCUT2D eigenvalue weighted by atomic mass is 16.5. The summed E-state index contributed by atoms with van der Waals surface area (Å²) in [7, 11) is 0. The van der Waals surface area contributed by atoms with Gasteiger partial charge in [-0.15, -0.1) is 0 Å². The summed E-state index contributed by atoms with van der Waals surface area (Å²) in [6, 6.07) is 5.67. The molecule has 0 saturated carbocycles. The molecule has 9 nitrogen and oxygen atoms in total. The quantitative estimate of drug-likeness (QED) is 0.671. The van der Waals surface area contributed by atoms with Crippen LogP contribution in [0.25, 0.3) is 11.7 Å². The third kappa shape index (κ3) is 3.31. The van der Waals surface area contributed by atoms with Crippen LogP contribution in [0.4, 0.5) is 5.88 Å². The molecule has 0 aromatic carbocycles. The first-order valence-electron chi connectivity index (χ1n) is 8.96. The standard InChI is InChI=1S/C18H20N6O3/c1-3-15-21-16(27-22-15)12(2)23-6-8-24(9-7-23)18-13(11-19)20-17(26-18)14-5-4-10-25-14/h4-5,10,12H,3,6-9H2,1-2H3. The molecule has 3 aromatic heterocycles. The molecule has 0 amide bonds. The maximum Gasteiger partial charge on any atom is 0.266 e. The Hall–Kier alpha value is -3.12. The van der Waals surface area contributed by atoms with Crippen LogP contribution in [0.15, 0.2) is 31.8 Å². The van der Waals surface area contributed by atoms with E-state index in [-0.39, 0.29) is 11.7 Å². The molecule has 140 valence electrons. The molecule has 1 saturated heterocycles. The molecule has 0 N–H and O–H groups in total. The molecular weight excluding hydrogens is 348 g/mol. The van der Waals surface area contributed by atoms with Crippen molar-refractivity contribution in [1.82, 2.24) is 20.0 Å². The van der Waals surface area contributed by atoms with Crippen molar-refractivity contribution < 1.29 is 13.4 Å². The Kier molecular flexibility index (Phi) is 4.64. The molecule has 0 bridgehead atoms. The minimum absolute atomic E-state index is 0.0452. The lowest BCUT2D eigenvalue weighted by Crippen LogP contribution is -2.47. The Balaban J connectivity index is 1.45. The van der Waals surface area contributed by atoms with Gasteiger partial charge in [0.15, 0.2) is 11.6 Å². The van der Waals surface area contributed by atoms with E-state index >= 15 is 0 Å². The number of aryl methyl sites for hydroxylation is 1. The van der Waals surface area contributed by atoms with E-state index in [0.717, 1.165) is 25.3 Å². The van der Waals surface area contributed by atoms with Gasteiger partial charge < -0.3 is 18.3 Å². The van der Waals surface area contributed by atoms with Gasteiger partial charge in [-0.05, 0) is 19.1 Å². The van der Waals surface area contributed by atoms with Gasteiger partial charge in [-0.3, -0.25) is 4.90 Å². The van der Waals surface area contributed by atoms with Gasteiger partial charge in [0.05, 0.1) is 12.3 Å². The SMILES string of the molecule is CCc1noc(C(C)N2CCN(c3oc(-c4ccco4)nc3C#N)CC2)n1. The zero-order chi connectivity index (χ0) is 18.8. The van der Waals surface area contributed by atoms with Crippen molar-refractivity contribution in [2.24, 2.45) is 0 Å². The van der Waals surface area contributed by atoms with E-state index in [1.54, 1.807) is 18.4 Å². The summed E-state index contributed by atoms with van der Waals surface area (Å²) in [4.78, 5) is 13.0. The second-order valence-corrected chi connectivity index (χ2v) is 6.36. The zero-order valence-corrected chi connectivity index (χ0v) is 15.3. The van der Waals surface area contributed by atoms with Crippen molar-refractivity contribution in [2.75, 3.05) is 31.1 Å². The number of anilines is 1. The molecule has 0 radical (unpaired) electrons. The van der Waals surface area contributed by atoms with Crippen molar-refractivity contribution >= 4 is 5.88 Å². The largest absolute Gasteiger partial charge is 0.459 e. The Morgan fingerprint density at radius 3 is 2.70 bits per heavy atom. The average Bonchev–Trinajstić information content (AvgIpc) is 3.47. The minimum Gasteiger partial charge on any atom is -0.459 e. The van der Waals surface area contributed by atoms with Gasteiger partial charge in [0, 0.05) is 32.6 Å². The van der Waals surface area contributed by atoms with Gasteiger partial charge in [-0.1, -0.05) is 12.1 Å². The third-order valence-electron chi connectivity index (χ3n) is 4.75. The molecule has 0 spiro atoms. The number of piperazine rings is 1. The molecule has 4 rings (SSSR count). The van der Waals surface area contributed by atoms with Crippen LogP contribution in [-0.4, -0.2) is 46.2 Å². The fourth-order valence-electron chi connectivity index (χ4n) is 3.15. The van der Waals surface area contributed by atoms with Crippen LogP contribution in [-0.2, 0) is 6.42 Å². The summed E-state index contributed by atoms with van der Waals surface area (Å²) in [5.41, 5.74) is 0.271. The molecule has 9 heteroatoms. The summed E-state index contributed by atoms with van der Waals surface area (Å²) in [5.74, 6) is 2.68. The lowest BCUT2D eigenvalue weighted by Gasteiger charge is -2.36. The molecule has 1 aliphatic rings. The minimum atomic E-state index is 0.0452. The van der Waals surface area contributed by atoms with E-state index in [9.17, 15) is 5.26 Å². The highest BCUT2D eigenvalue weighted by Crippen LogP contribution is 2.30. The fraction of sp³-hybridized carbons (Fsp3) is 0.444. The van der Waals surface area contributed by atoms with E-state index in [1.165, 1.54) is 0 Å². The van der Waals surface area contributed by atoms with Gasteiger partial charge in [0.1, 0.15) is 6.07 Å². The number of hydrogen-bond acceptors (Lipinski definition) is 9. The summed E-state index contributed by atoms with van der Waals surface area (Å²) < 4.78 is 16.5. The van der Waals surface area contributed by atoms with Gasteiger partial charge in [0.25, 0.3) is 5.89 Å². The second kappa shape index (κ2) is 7.25. The van der Waals surface area contributed by atoms with E-state index < -0.39 is 0 Å². The van der Waals surface area contributed by atoms with Crippen molar-refractivity contribution in [3.05, 3.63) is 35.8 Å². The van der Waals surface area contributed by atoms with Crippen LogP contribution in [0.2, 0.25) is 0 Å². The molecule has 4 heterocycles. The predicted molar refractivity (Wildman–Crippen MR) is 94.8 cm³/mol. The summed E-state index contributed by atoms with van der Waals surface area (Å²) >= 11 is 0. The number of aromatic nitrogens is 3. The lowest BCUT2D eigenvalue weighted by atomic mass is 10.2. The van der Waals surface area contributed by atoms with Crippen molar-refractivity contribution in [3.8, 4) is 17.7 Å². The Morgan fingerprint density at radius 2 is 2.07 bits per heavy atom. The van der Waals surface area contributed by atoms with Gasteiger partial charge in [-0.2, -0.15) is 15.2 Å². The zero-order valence-electron chi connectivity index (χ0n) is 15.3. The van der Waals surface area contributed by atoms with E-state index in [1.807, 2.05) is 11.8 Å². The monoisotopic (exact) mass is 368 g/mol. The molecule has 27 heavy (non-hydrogen) atoms. The van der Waals surface area contributed by atoms with Crippen LogP contribution in [0.3, 0.4) is 0 Å². The first-order chi connectivity index (χ1) is 13.2. The van der Waals surface area contributed by atoms with E-state index in [4.69, 9.17) is 13.4 Å². The fourth-order valence-corrected chi connectivity index (χ4v) is 3.15. The predicted octanol–water partition coefficient (Wildman–Crippen LogP) is 2.63. The molecule has 1 atom stereocenters. The Morgan fingerprint density at radius 1 is 1.26 bits per heavy atom. The highest BCUT2D eigenvalue weighted by molar-refractivity contribution is 5.55. The van der Waals surface area contributed by atoms with E-state index in [2.05, 4.69) is 33.0 Å². The van der Waals surface area contributed by atoms with Crippen molar-refractivity contribution in [2.45, 2.75) is 26.3 Å². The Labute approximate surface area is 156 Å².